The van der Waals surface area contributed by atoms with Gasteiger partial charge in [-0.25, -0.2) is 0 Å². The van der Waals surface area contributed by atoms with Crippen LogP contribution < -0.4 is 4.90 Å². The number of hydrogen-bond donors (Lipinski definition) is 1. The van der Waals surface area contributed by atoms with Gasteiger partial charge in [0, 0.05) is 5.56 Å². The van der Waals surface area contributed by atoms with Gasteiger partial charge in [0.05, 0.1) is 12.7 Å². The van der Waals surface area contributed by atoms with E-state index in [0.717, 1.165) is 29.5 Å². The van der Waals surface area contributed by atoms with Crippen LogP contribution in [0.2, 0.25) is 0 Å². The Kier molecular flexibility index (Phi) is 4.92. The highest BCUT2D eigenvalue weighted by molar-refractivity contribution is 7.71. The van der Waals surface area contributed by atoms with Crippen LogP contribution in [0.25, 0.3) is 5.69 Å². The lowest BCUT2D eigenvalue weighted by Crippen LogP contribution is -3.07. The quantitative estimate of drug-likeness (QED) is 0.724. The van der Waals surface area contributed by atoms with Crippen molar-refractivity contribution in [1.82, 2.24) is 14.3 Å². The molecule has 3 aromatic rings. The van der Waals surface area contributed by atoms with Gasteiger partial charge < -0.3 is 4.90 Å². The van der Waals surface area contributed by atoms with E-state index in [1.165, 1.54) is 16.0 Å². The summed E-state index contributed by atoms with van der Waals surface area (Å²) >= 11 is 5.69. The smallest absolute Gasteiger partial charge is 0.207 e. The number of quaternary nitrogens is 1. The van der Waals surface area contributed by atoms with Crippen molar-refractivity contribution in [3.63, 3.8) is 0 Å². The van der Waals surface area contributed by atoms with Gasteiger partial charge in [-0.15, -0.1) is 0 Å². The molecule has 2 aromatic carbocycles. The van der Waals surface area contributed by atoms with E-state index in [9.17, 15) is 0 Å². The normalized spacial score (nSPS) is 12.3. The van der Waals surface area contributed by atoms with Crippen molar-refractivity contribution in [2.24, 2.45) is 0 Å². The van der Waals surface area contributed by atoms with Crippen LogP contribution in [-0.4, -0.2) is 21.4 Å². The highest BCUT2D eigenvalue weighted by Crippen LogP contribution is 2.16. The van der Waals surface area contributed by atoms with Crippen LogP contribution in [-0.2, 0) is 13.2 Å². The lowest BCUT2D eigenvalue weighted by atomic mass is 10.2. The molecule has 1 N–H and O–H groups in total. The van der Waals surface area contributed by atoms with Crippen molar-refractivity contribution in [1.29, 1.82) is 0 Å². The Hall–Kier alpha value is -2.24. The first-order chi connectivity index (χ1) is 11.6. The molecule has 0 saturated heterocycles. The SMILES string of the molecule is Cc1ccccc1-n1c(C)nn(C[NH+](C)Cc2ccccc2)c1=S. The number of para-hydroxylation sites is 1. The molecule has 0 fully saturated rings. The maximum absolute atomic E-state index is 5.69. The molecule has 1 atom stereocenters. The van der Waals surface area contributed by atoms with Crippen LogP contribution in [0.1, 0.15) is 17.0 Å². The number of aryl methyl sites for hydroxylation is 2. The summed E-state index contributed by atoms with van der Waals surface area (Å²) in [5.74, 6) is 0.918. The highest BCUT2D eigenvalue weighted by Gasteiger charge is 2.13. The van der Waals surface area contributed by atoms with E-state index in [4.69, 9.17) is 12.2 Å². The van der Waals surface area contributed by atoms with E-state index >= 15 is 0 Å². The van der Waals surface area contributed by atoms with Gasteiger partial charge in [0.2, 0.25) is 4.77 Å². The molecule has 5 heteroatoms. The van der Waals surface area contributed by atoms with E-state index in [0.29, 0.717) is 0 Å². The van der Waals surface area contributed by atoms with E-state index in [1.807, 2.05) is 29.8 Å². The van der Waals surface area contributed by atoms with Crippen molar-refractivity contribution in [3.05, 3.63) is 76.3 Å². The third kappa shape index (κ3) is 3.47. The van der Waals surface area contributed by atoms with Crippen LogP contribution in [0.4, 0.5) is 0 Å². The molecule has 0 amide bonds. The molecular formula is C19H23N4S+. The van der Waals surface area contributed by atoms with E-state index < -0.39 is 0 Å². The van der Waals surface area contributed by atoms with Crippen molar-refractivity contribution < 1.29 is 4.90 Å². The second kappa shape index (κ2) is 7.11. The second-order valence-corrected chi connectivity index (χ2v) is 6.59. The number of nitrogens with zero attached hydrogens (tertiary/aromatic N) is 3. The molecule has 0 aliphatic heterocycles. The lowest BCUT2D eigenvalue weighted by molar-refractivity contribution is -0.917. The summed E-state index contributed by atoms with van der Waals surface area (Å²) in [4.78, 5) is 1.34. The molecule has 1 heterocycles. The summed E-state index contributed by atoms with van der Waals surface area (Å²) in [7, 11) is 2.16. The number of hydrogen-bond acceptors (Lipinski definition) is 2. The maximum atomic E-state index is 5.69. The third-order valence-electron chi connectivity index (χ3n) is 4.13. The average molecular weight is 339 g/mol. The molecule has 0 radical (unpaired) electrons. The zero-order chi connectivity index (χ0) is 17.1. The fraction of sp³-hybridized carbons (Fsp3) is 0.263. The van der Waals surface area contributed by atoms with E-state index in [-0.39, 0.29) is 0 Å². The van der Waals surface area contributed by atoms with Crippen molar-refractivity contribution in [3.8, 4) is 5.69 Å². The minimum atomic E-state index is 0.744. The number of nitrogens with one attached hydrogen (secondary N) is 1. The topological polar surface area (TPSA) is 27.2 Å². The molecule has 0 spiro atoms. The number of rotatable bonds is 5. The monoisotopic (exact) mass is 339 g/mol. The van der Waals surface area contributed by atoms with Gasteiger partial charge in [0.25, 0.3) is 0 Å². The molecule has 0 aliphatic rings. The standard InChI is InChI=1S/C19H22N4S/c1-15-9-7-8-12-18(15)23-16(2)20-22(19(23)24)14-21(3)13-17-10-5-4-6-11-17/h4-12H,13-14H2,1-3H3/p+1. The van der Waals surface area contributed by atoms with Gasteiger partial charge in [0.15, 0.2) is 6.67 Å². The predicted octanol–water partition coefficient (Wildman–Crippen LogP) is 2.69. The molecule has 0 aliphatic carbocycles. The summed E-state index contributed by atoms with van der Waals surface area (Å²) in [6.07, 6.45) is 0. The first kappa shape index (κ1) is 16.6. The van der Waals surface area contributed by atoms with Crippen LogP contribution in [0.3, 0.4) is 0 Å². The fourth-order valence-electron chi connectivity index (χ4n) is 2.97. The molecule has 3 rings (SSSR count). The summed E-state index contributed by atoms with van der Waals surface area (Å²) in [6, 6.07) is 18.8. The highest BCUT2D eigenvalue weighted by atomic mass is 32.1. The minimum absolute atomic E-state index is 0.744. The molecule has 4 nitrogen and oxygen atoms in total. The van der Waals surface area contributed by atoms with Crippen molar-refractivity contribution in [2.75, 3.05) is 7.05 Å². The maximum Gasteiger partial charge on any atom is 0.207 e. The fourth-order valence-corrected chi connectivity index (χ4v) is 3.30. The van der Waals surface area contributed by atoms with Gasteiger partial charge in [-0.2, -0.15) is 9.78 Å². The van der Waals surface area contributed by atoms with E-state index in [2.05, 4.69) is 60.0 Å². The van der Waals surface area contributed by atoms with Crippen LogP contribution in [0, 0.1) is 18.6 Å². The molecule has 24 heavy (non-hydrogen) atoms. The predicted molar refractivity (Wildman–Crippen MR) is 98.9 cm³/mol. The Morgan fingerprint density at radius 1 is 1.00 bits per heavy atom. The molecule has 0 bridgehead atoms. The van der Waals surface area contributed by atoms with Gasteiger partial charge in [-0.05, 0) is 37.7 Å². The summed E-state index contributed by atoms with van der Waals surface area (Å²) < 4.78 is 4.73. The summed E-state index contributed by atoms with van der Waals surface area (Å²) in [5, 5.41) is 4.66. The molecule has 124 valence electrons. The Labute approximate surface area is 148 Å². The Morgan fingerprint density at radius 3 is 2.38 bits per heavy atom. The minimum Gasteiger partial charge on any atom is -0.315 e. The second-order valence-electron chi connectivity index (χ2n) is 6.23. The van der Waals surface area contributed by atoms with Gasteiger partial charge in [-0.1, -0.05) is 48.5 Å². The Bertz CT molecular complexity index is 880. The first-order valence-corrected chi connectivity index (χ1v) is 8.55. The number of aromatic nitrogens is 3. The van der Waals surface area contributed by atoms with Crippen LogP contribution in [0.15, 0.2) is 54.6 Å². The zero-order valence-corrected chi connectivity index (χ0v) is 15.2. The van der Waals surface area contributed by atoms with Crippen molar-refractivity contribution >= 4 is 12.2 Å². The Balaban J connectivity index is 1.84. The summed E-state index contributed by atoms with van der Waals surface area (Å²) in [6.45, 7) is 5.79. The Morgan fingerprint density at radius 2 is 1.67 bits per heavy atom. The number of benzene rings is 2. The zero-order valence-electron chi connectivity index (χ0n) is 14.4. The van der Waals surface area contributed by atoms with Gasteiger partial charge in [-0.3, -0.25) is 4.57 Å². The first-order valence-electron chi connectivity index (χ1n) is 8.14. The van der Waals surface area contributed by atoms with E-state index in [1.54, 1.807) is 0 Å². The van der Waals surface area contributed by atoms with Gasteiger partial charge >= 0.3 is 0 Å². The average Bonchev–Trinajstić information content (AvgIpc) is 2.83. The molecule has 0 saturated carbocycles. The molecular weight excluding hydrogens is 316 g/mol. The van der Waals surface area contributed by atoms with Crippen molar-refractivity contribution in [2.45, 2.75) is 27.1 Å². The molecule has 1 unspecified atom stereocenters. The lowest BCUT2D eigenvalue weighted by Gasteiger charge is -2.13. The van der Waals surface area contributed by atoms with Crippen LogP contribution >= 0.6 is 12.2 Å². The molecule has 1 aromatic heterocycles. The largest absolute Gasteiger partial charge is 0.315 e. The summed E-state index contributed by atoms with van der Waals surface area (Å²) in [5.41, 5.74) is 3.62. The van der Waals surface area contributed by atoms with Gasteiger partial charge in [0.1, 0.15) is 12.4 Å². The van der Waals surface area contributed by atoms with Crippen LogP contribution in [0.5, 0.6) is 0 Å². The third-order valence-corrected chi connectivity index (χ3v) is 4.52.